The molecule has 2 amide bonds. The lowest BCUT2D eigenvalue weighted by atomic mass is 9.86. The van der Waals surface area contributed by atoms with Gasteiger partial charge in [-0.05, 0) is 41.3 Å². The van der Waals surface area contributed by atoms with E-state index in [0.717, 1.165) is 5.69 Å². The van der Waals surface area contributed by atoms with Gasteiger partial charge in [0.2, 0.25) is 0 Å². The third kappa shape index (κ3) is 4.78. The van der Waals surface area contributed by atoms with Crippen molar-refractivity contribution in [2.24, 2.45) is 0 Å². The van der Waals surface area contributed by atoms with Crippen molar-refractivity contribution in [3.63, 3.8) is 0 Å². The molecule has 1 aliphatic rings. The molecule has 0 aromatic heterocycles. The van der Waals surface area contributed by atoms with Gasteiger partial charge in [-0.15, -0.1) is 0 Å². The molecule has 0 spiro atoms. The van der Waals surface area contributed by atoms with E-state index in [2.05, 4.69) is 20.8 Å². The topological polar surface area (TPSA) is 43.9 Å². The normalized spacial score (nSPS) is 14.7. The van der Waals surface area contributed by atoms with Gasteiger partial charge < -0.3 is 14.7 Å². The van der Waals surface area contributed by atoms with Crippen LogP contribution in [0.3, 0.4) is 0 Å². The quantitative estimate of drug-likeness (QED) is 0.800. The average molecular weight is 394 g/mol. The minimum atomic E-state index is 0.0235. The summed E-state index contributed by atoms with van der Waals surface area (Å²) in [5.74, 6) is 0.0579. The number of hydrogen-bond acceptors (Lipinski definition) is 3. The van der Waals surface area contributed by atoms with Crippen molar-refractivity contribution < 1.29 is 9.59 Å². The SMILES string of the molecule is CN(C)c1cccc(C(=O)N2CCN(C(=O)c3ccc(C(C)(C)C)cc3)CC2)c1. The highest BCUT2D eigenvalue weighted by Gasteiger charge is 2.26. The van der Waals surface area contributed by atoms with E-state index in [1.807, 2.05) is 77.3 Å². The van der Waals surface area contributed by atoms with E-state index in [9.17, 15) is 9.59 Å². The lowest BCUT2D eigenvalue weighted by Crippen LogP contribution is -2.50. The van der Waals surface area contributed by atoms with Crippen LogP contribution in [0.25, 0.3) is 0 Å². The van der Waals surface area contributed by atoms with Gasteiger partial charge in [-0.25, -0.2) is 0 Å². The first kappa shape index (κ1) is 20.9. The molecule has 1 aliphatic heterocycles. The number of carbonyl (C=O) groups is 2. The van der Waals surface area contributed by atoms with Crippen LogP contribution in [0.4, 0.5) is 5.69 Å². The summed E-state index contributed by atoms with van der Waals surface area (Å²) in [6.07, 6.45) is 0. The number of rotatable bonds is 3. The van der Waals surface area contributed by atoms with Crippen LogP contribution in [0.1, 0.15) is 47.1 Å². The zero-order chi connectivity index (χ0) is 21.2. The molecule has 2 aromatic rings. The zero-order valence-corrected chi connectivity index (χ0v) is 18.1. The van der Waals surface area contributed by atoms with Gasteiger partial charge in [0.1, 0.15) is 0 Å². The Hall–Kier alpha value is -2.82. The van der Waals surface area contributed by atoms with Crippen LogP contribution in [0.5, 0.6) is 0 Å². The van der Waals surface area contributed by atoms with E-state index < -0.39 is 0 Å². The largest absolute Gasteiger partial charge is 0.378 e. The van der Waals surface area contributed by atoms with Gasteiger partial charge in [-0.1, -0.05) is 39.0 Å². The van der Waals surface area contributed by atoms with Gasteiger partial charge in [0, 0.05) is 57.1 Å². The predicted molar refractivity (Wildman–Crippen MR) is 118 cm³/mol. The Morgan fingerprint density at radius 3 is 1.79 bits per heavy atom. The number of piperazine rings is 1. The molecule has 0 N–H and O–H groups in total. The van der Waals surface area contributed by atoms with Gasteiger partial charge >= 0.3 is 0 Å². The molecular formula is C24H31N3O2. The van der Waals surface area contributed by atoms with E-state index in [1.165, 1.54) is 5.56 Å². The first-order chi connectivity index (χ1) is 13.7. The fourth-order valence-electron chi connectivity index (χ4n) is 3.51. The van der Waals surface area contributed by atoms with Crippen LogP contribution in [-0.2, 0) is 5.41 Å². The Balaban J connectivity index is 1.62. The van der Waals surface area contributed by atoms with Crippen LogP contribution in [0, 0.1) is 0 Å². The maximum atomic E-state index is 12.9. The lowest BCUT2D eigenvalue weighted by molar-refractivity contribution is 0.0535. The molecule has 1 heterocycles. The van der Waals surface area contributed by atoms with Gasteiger partial charge in [-0.2, -0.15) is 0 Å². The van der Waals surface area contributed by atoms with Gasteiger partial charge in [-0.3, -0.25) is 9.59 Å². The minimum Gasteiger partial charge on any atom is -0.378 e. The first-order valence-electron chi connectivity index (χ1n) is 10.1. The first-order valence-corrected chi connectivity index (χ1v) is 10.1. The number of anilines is 1. The molecule has 5 nitrogen and oxygen atoms in total. The third-order valence-electron chi connectivity index (χ3n) is 5.46. The van der Waals surface area contributed by atoms with Gasteiger partial charge in [0.15, 0.2) is 0 Å². The molecule has 0 aliphatic carbocycles. The van der Waals surface area contributed by atoms with Crippen molar-refractivity contribution in [2.75, 3.05) is 45.2 Å². The standard InChI is InChI=1S/C24H31N3O2/c1-24(2,3)20-11-9-18(10-12-20)22(28)26-13-15-27(16-14-26)23(29)19-7-6-8-21(17-19)25(4)5/h6-12,17H,13-16H2,1-5H3. The third-order valence-corrected chi connectivity index (χ3v) is 5.46. The van der Waals surface area contributed by atoms with Crippen LogP contribution in [0.2, 0.25) is 0 Å². The maximum absolute atomic E-state index is 12.9. The molecule has 2 aromatic carbocycles. The molecule has 0 radical (unpaired) electrons. The van der Waals surface area contributed by atoms with Crippen LogP contribution in [0.15, 0.2) is 48.5 Å². The number of hydrogen-bond donors (Lipinski definition) is 0. The Kier molecular flexibility index (Phi) is 5.96. The van der Waals surface area contributed by atoms with E-state index in [1.54, 1.807) is 0 Å². The summed E-state index contributed by atoms with van der Waals surface area (Å²) in [4.78, 5) is 31.4. The Labute approximate surface area is 173 Å². The maximum Gasteiger partial charge on any atom is 0.254 e. The molecule has 154 valence electrons. The molecule has 0 saturated carbocycles. The summed E-state index contributed by atoms with van der Waals surface area (Å²) >= 11 is 0. The smallest absolute Gasteiger partial charge is 0.254 e. The fourth-order valence-corrected chi connectivity index (χ4v) is 3.51. The van der Waals surface area contributed by atoms with Gasteiger partial charge in [0.05, 0.1) is 0 Å². The molecular weight excluding hydrogens is 362 g/mol. The highest BCUT2D eigenvalue weighted by atomic mass is 16.2. The Morgan fingerprint density at radius 2 is 1.31 bits per heavy atom. The van der Waals surface area contributed by atoms with Crippen molar-refractivity contribution in [1.29, 1.82) is 0 Å². The second-order valence-corrected chi connectivity index (χ2v) is 8.86. The van der Waals surface area contributed by atoms with Crippen molar-refractivity contribution in [3.05, 3.63) is 65.2 Å². The summed E-state index contributed by atoms with van der Waals surface area (Å²) in [5.41, 5.74) is 3.68. The van der Waals surface area contributed by atoms with Crippen molar-refractivity contribution in [3.8, 4) is 0 Å². The highest BCUT2D eigenvalue weighted by Crippen LogP contribution is 2.23. The molecule has 0 bridgehead atoms. The summed E-state index contributed by atoms with van der Waals surface area (Å²) in [5, 5.41) is 0. The van der Waals surface area contributed by atoms with E-state index in [0.29, 0.717) is 37.3 Å². The number of benzene rings is 2. The second-order valence-electron chi connectivity index (χ2n) is 8.86. The number of amides is 2. The van der Waals surface area contributed by atoms with Crippen LogP contribution in [-0.4, -0.2) is 61.9 Å². The monoisotopic (exact) mass is 393 g/mol. The predicted octanol–water partition coefficient (Wildman–Crippen LogP) is 3.65. The van der Waals surface area contributed by atoms with Gasteiger partial charge in [0.25, 0.3) is 11.8 Å². The molecule has 1 fully saturated rings. The van der Waals surface area contributed by atoms with E-state index in [4.69, 9.17) is 0 Å². The fraction of sp³-hybridized carbons (Fsp3) is 0.417. The highest BCUT2D eigenvalue weighted by molar-refractivity contribution is 5.96. The molecule has 5 heteroatoms. The van der Waals surface area contributed by atoms with E-state index >= 15 is 0 Å². The van der Waals surface area contributed by atoms with Crippen molar-refractivity contribution in [1.82, 2.24) is 9.80 Å². The van der Waals surface area contributed by atoms with E-state index in [-0.39, 0.29) is 17.2 Å². The zero-order valence-electron chi connectivity index (χ0n) is 18.1. The van der Waals surface area contributed by atoms with Crippen molar-refractivity contribution in [2.45, 2.75) is 26.2 Å². The van der Waals surface area contributed by atoms with Crippen LogP contribution < -0.4 is 4.90 Å². The molecule has 0 unspecified atom stereocenters. The average Bonchev–Trinajstić information content (AvgIpc) is 2.72. The molecule has 1 saturated heterocycles. The second kappa shape index (κ2) is 8.27. The van der Waals surface area contributed by atoms with Crippen LogP contribution >= 0.6 is 0 Å². The Morgan fingerprint density at radius 1 is 0.793 bits per heavy atom. The lowest BCUT2D eigenvalue weighted by Gasteiger charge is -2.35. The summed E-state index contributed by atoms with van der Waals surface area (Å²) in [6.45, 7) is 8.70. The number of carbonyl (C=O) groups excluding carboxylic acids is 2. The summed E-state index contributed by atoms with van der Waals surface area (Å²) in [6, 6.07) is 15.5. The molecule has 3 rings (SSSR count). The number of nitrogens with zero attached hydrogens (tertiary/aromatic N) is 3. The molecule has 29 heavy (non-hydrogen) atoms. The van der Waals surface area contributed by atoms with Crippen molar-refractivity contribution >= 4 is 17.5 Å². The molecule has 0 atom stereocenters. The summed E-state index contributed by atoms with van der Waals surface area (Å²) in [7, 11) is 3.92. The minimum absolute atomic E-state index is 0.0235. The Bertz CT molecular complexity index is 874. The summed E-state index contributed by atoms with van der Waals surface area (Å²) < 4.78 is 0.